The molecule has 0 unspecified atom stereocenters. The third-order valence-electron chi connectivity index (χ3n) is 9.71. The molecule has 3 atom stereocenters. The van der Waals surface area contributed by atoms with Crippen molar-refractivity contribution < 1.29 is 42.5 Å². The number of benzene rings is 2. The van der Waals surface area contributed by atoms with Crippen molar-refractivity contribution in [3.8, 4) is 21.9 Å². The zero-order valence-corrected chi connectivity index (χ0v) is 35.8. The Kier molecular flexibility index (Phi) is 14.5. The van der Waals surface area contributed by atoms with Gasteiger partial charge in [-0.2, -0.15) is 5.10 Å². The van der Waals surface area contributed by atoms with E-state index in [2.05, 4.69) is 41.1 Å². The van der Waals surface area contributed by atoms with Crippen LogP contribution in [0.1, 0.15) is 48.8 Å². The van der Waals surface area contributed by atoms with Crippen LogP contribution in [0.3, 0.4) is 0 Å². The predicted octanol–water partition coefficient (Wildman–Crippen LogP) is 5.36. The van der Waals surface area contributed by atoms with E-state index in [4.69, 9.17) is 16.3 Å². The summed E-state index contributed by atoms with van der Waals surface area (Å²) in [6.07, 6.45) is 3.69. The monoisotopic (exact) mass is 893 g/mol. The number of nitrogens with one attached hydrogen (secondary N) is 4. The second-order valence-corrected chi connectivity index (χ2v) is 16.8. The van der Waals surface area contributed by atoms with Gasteiger partial charge < -0.3 is 40.7 Å². The summed E-state index contributed by atoms with van der Waals surface area (Å²) in [5.41, 5.74) is 0.900. The van der Waals surface area contributed by atoms with Gasteiger partial charge in [-0.25, -0.2) is 14.6 Å². The molecule has 0 bridgehead atoms. The molecular weight excluding hydrogens is 848 g/mol. The van der Waals surface area contributed by atoms with Crippen molar-refractivity contribution in [1.29, 1.82) is 0 Å². The lowest BCUT2D eigenvalue weighted by Crippen LogP contribution is -2.58. The summed E-state index contributed by atoms with van der Waals surface area (Å²) in [6.45, 7) is 7.35. The van der Waals surface area contributed by atoms with Gasteiger partial charge in [0, 0.05) is 61.9 Å². The number of halogens is 3. The Balaban J connectivity index is 0.998. The number of hydrogen-bond donors (Lipinski definition) is 5. The molecule has 0 saturated carbocycles. The van der Waals surface area contributed by atoms with Crippen LogP contribution in [0.5, 0.6) is 5.75 Å². The Morgan fingerprint density at radius 3 is 2.45 bits per heavy atom. The van der Waals surface area contributed by atoms with Crippen molar-refractivity contribution >= 4 is 58.1 Å². The maximum atomic E-state index is 14.0. The first-order valence-corrected chi connectivity index (χ1v) is 20.7. The third kappa shape index (κ3) is 12.1. The minimum Gasteiger partial charge on any atom is -0.420 e. The number of aliphatic hydroxyl groups excluding tert-OH is 1. The normalized spacial score (nSPS) is 15.8. The summed E-state index contributed by atoms with van der Waals surface area (Å²) in [6, 6.07) is 14.3. The number of rotatable bonds is 17. The predicted molar refractivity (Wildman–Crippen MR) is 228 cm³/mol. The van der Waals surface area contributed by atoms with E-state index in [-0.39, 0.29) is 50.6 Å². The highest BCUT2D eigenvalue weighted by atomic mass is 35.5. The number of nitrogens with zero attached hydrogens (tertiary/aromatic N) is 5. The number of aromatic nitrogens is 4. The molecule has 2 aromatic carbocycles. The lowest BCUT2D eigenvalue weighted by Gasteiger charge is -2.35. The molecule has 16 nitrogen and oxygen atoms in total. The smallest absolute Gasteiger partial charge is 0.420 e. The lowest BCUT2D eigenvalue weighted by atomic mass is 9.85. The Morgan fingerprint density at radius 1 is 1.06 bits per heavy atom. The topological polar surface area (TPSA) is 202 Å². The van der Waals surface area contributed by atoms with Crippen molar-refractivity contribution in [3.63, 3.8) is 0 Å². The zero-order chi connectivity index (χ0) is 44.6. The van der Waals surface area contributed by atoms with Gasteiger partial charge in [0.05, 0.1) is 34.4 Å². The SMILES string of the molecule is Cc1ncsc1-c1ccc(CNC(=O)[C@H]2C[C@H](O)CN2C(=O)[C@H](NC(=O)COCCNc2ncc(C(=O)Nc3ccc(OC(F)(F)Cl)cc3)cc2-n2cccn2)C(C)(C)C)cc1. The highest BCUT2D eigenvalue weighted by Crippen LogP contribution is 2.29. The van der Waals surface area contributed by atoms with E-state index < -0.39 is 52.8 Å². The van der Waals surface area contributed by atoms with Crippen molar-refractivity contribution in [2.75, 3.05) is 36.9 Å². The van der Waals surface area contributed by atoms with E-state index in [0.29, 0.717) is 17.2 Å². The number of anilines is 2. The van der Waals surface area contributed by atoms with Gasteiger partial charge in [0.2, 0.25) is 17.7 Å². The van der Waals surface area contributed by atoms with E-state index in [1.807, 2.05) is 31.2 Å². The summed E-state index contributed by atoms with van der Waals surface area (Å²) in [7, 11) is 0. The van der Waals surface area contributed by atoms with Crippen LogP contribution in [0, 0.1) is 12.3 Å². The number of carbonyl (C=O) groups is 4. The number of pyridine rings is 1. The largest absolute Gasteiger partial charge is 0.487 e. The van der Waals surface area contributed by atoms with Crippen LogP contribution in [0.15, 0.2) is 84.8 Å². The van der Waals surface area contributed by atoms with Gasteiger partial charge >= 0.3 is 5.57 Å². The van der Waals surface area contributed by atoms with Gasteiger partial charge in [-0.15, -0.1) is 20.1 Å². The number of amides is 4. The molecule has 1 aliphatic heterocycles. The van der Waals surface area contributed by atoms with E-state index in [1.54, 1.807) is 62.1 Å². The number of likely N-dealkylation sites (tertiary alicyclic amines) is 1. The molecule has 6 rings (SSSR count). The first kappa shape index (κ1) is 45.5. The van der Waals surface area contributed by atoms with Crippen molar-refractivity contribution in [2.45, 2.75) is 64.4 Å². The highest BCUT2D eigenvalue weighted by Gasteiger charge is 2.44. The molecule has 0 aliphatic carbocycles. The Hall–Kier alpha value is -6.02. The van der Waals surface area contributed by atoms with Crippen molar-refractivity contribution in [2.24, 2.45) is 5.41 Å². The van der Waals surface area contributed by atoms with Gasteiger partial charge in [0.1, 0.15) is 30.1 Å². The molecule has 4 amide bonds. The molecule has 20 heteroatoms. The molecule has 5 N–H and O–H groups in total. The van der Waals surface area contributed by atoms with E-state index in [0.717, 1.165) is 21.7 Å². The minimum absolute atomic E-state index is 0.0492. The third-order valence-corrected chi connectivity index (χ3v) is 10.8. The zero-order valence-electron chi connectivity index (χ0n) is 34.2. The number of alkyl halides is 3. The molecule has 3 aromatic heterocycles. The molecule has 0 spiro atoms. The molecule has 4 heterocycles. The van der Waals surface area contributed by atoms with Crippen molar-refractivity contribution in [3.05, 3.63) is 102 Å². The molecule has 5 aromatic rings. The first-order valence-electron chi connectivity index (χ1n) is 19.5. The maximum Gasteiger partial charge on any atom is 0.487 e. The van der Waals surface area contributed by atoms with Crippen LogP contribution in [0.2, 0.25) is 0 Å². The maximum absolute atomic E-state index is 14.0. The molecule has 0 radical (unpaired) electrons. The fourth-order valence-corrected chi connectivity index (χ4v) is 7.53. The number of thiazole rings is 1. The quantitative estimate of drug-likeness (QED) is 0.0595. The van der Waals surface area contributed by atoms with E-state index in [1.165, 1.54) is 40.0 Å². The van der Waals surface area contributed by atoms with Crippen molar-refractivity contribution in [1.82, 2.24) is 35.3 Å². The number of β-amino-alcohol motifs (C(OH)–C–C–N with tert-alkyl or cyclic N) is 1. The number of hydrogen-bond acceptors (Lipinski definition) is 12. The first-order chi connectivity index (χ1) is 29.4. The van der Waals surface area contributed by atoms with Gasteiger partial charge in [0.15, 0.2) is 5.82 Å². The lowest BCUT2D eigenvalue weighted by molar-refractivity contribution is -0.144. The summed E-state index contributed by atoms with van der Waals surface area (Å²) < 4.78 is 37.3. The van der Waals surface area contributed by atoms with Crippen LogP contribution in [0.4, 0.5) is 20.3 Å². The van der Waals surface area contributed by atoms with E-state index >= 15 is 0 Å². The summed E-state index contributed by atoms with van der Waals surface area (Å²) >= 11 is 6.36. The molecule has 1 aliphatic rings. The molecule has 328 valence electrons. The van der Waals surface area contributed by atoms with Crippen LogP contribution in [0.25, 0.3) is 16.1 Å². The van der Waals surface area contributed by atoms with Gasteiger partial charge in [-0.1, -0.05) is 45.0 Å². The van der Waals surface area contributed by atoms with Crippen LogP contribution < -0.4 is 26.0 Å². The second kappa shape index (κ2) is 19.8. The van der Waals surface area contributed by atoms with Gasteiger partial charge in [0.25, 0.3) is 5.91 Å². The number of aryl methyl sites for hydroxylation is 1. The Morgan fingerprint density at radius 2 is 1.81 bits per heavy atom. The van der Waals surface area contributed by atoms with Gasteiger partial charge in [-0.3, -0.25) is 19.2 Å². The average Bonchev–Trinajstić information content (AvgIpc) is 4.01. The second-order valence-electron chi connectivity index (χ2n) is 15.5. The van der Waals surface area contributed by atoms with E-state index in [9.17, 15) is 33.1 Å². The highest BCUT2D eigenvalue weighted by molar-refractivity contribution is 7.13. The summed E-state index contributed by atoms with van der Waals surface area (Å²) in [5, 5.41) is 26.3. The Bertz CT molecular complexity index is 2340. The number of ether oxygens (including phenoxy) is 2. The Labute approximate surface area is 365 Å². The molecular formula is C42H46ClF2N9O7S. The van der Waals surface area contributed by atoms with Crippen LogP contribution in [-0.2, 0) is 25.7 Å². The fraction of sp³-hybridized carbons (Fsp3) is 0.357. The number of aliphatic hydroxyl groups is 1. The van der Waals surface area contributed by atoms with Gasteiger partial charge in [-0.05, 0) is 59.9 Å². The summed E-state index contributed by atoms with van der Waals surface area (Å²) in [5.74, 6) is -1.83. The molecule has 1 fully saturated rings. The van der Waals surface area contributed by atoms with Crippen LogP contribution >= 0.6 is 22.9 Å². The standard InChI is InChI=1S/C42H46ClF2N9O7S/c1-25-35(62-24-49-25)27-8-6-26(7-9-27)20-48-39(58)33-19-30(55)22-53(33)40(59)36(41(2,3)4)52-34(56)23-60-17-15-46-37-32(54-16-5-14-50-54)18-28(21-47-37)38(57)51-29-10-12-31(13-11-29)61-42(43,44)45/h5-14,16,18,21,24,30,33,36,55H,15,17,19-20,22-23H2,1-4H3,(H,46,47)(H,48,58)(H,51,57)(H,52,56)/t30-,33+,36-/m0/s1. The summed E-state index contributed by atoms with van der Waals surface area (Å²) in [4.78, 5) is 64.8. The van der Waals surface area contributed by atoms with Crippen LogP contribution in [-0.4, -0.2) is 103 Å². The minimum atomic E-state index is -3.88. The molecule has 1 saturated heterocycles. The average molecular weight is 894 g/mol. The molecule has 62 heavy (non-hydrogen) atoms. The number of carbonyl (C=O) groups excluding carboxylic acids is 4. The fourth-order valence-electron chi connectivity index (χ4n) is 6.63.